The zero-order valence-corrected chi connectivity index (χ0v) is 14.3. The Morgan fingerprint density at radius 2 is 2.04 bits per heavy atom. The minimum Gasteiger partial charge on any atom is -0.351 e. The zero-order valence-electron chi connectivity index (χ0n) is 14.3. The molecule has 1 saturated heterocycles. The average Bonchev–Trinajstić information content (AvgIpc) is 3.02. The lowest BCUT2D eigenvalue weighted by atomic mass is 9.88. The number of nitrogens with zero attached hydrogens (tertiary/aromatic N) is 2. The Kier molecular flexibility index (Phi) is 5.65. The summed E-state index contributed by atoms with van der Waals surface area (Å²) < 4.78 is 0. The Morgan fingerprint density at radius 1 is 1.22 bits per heavy atom. The van der Waals surface area contributed by atoms with Gasteiger partial charge in [0.25, 0.3) is 0 Å². The molecule has 2 heterocycles. The van der Waals surface area contributed by atoms with Gasteiger partial charge in [-0.1, -0.05) is 25.3 Å². The Hall–Kier alpha value is -1.42. The second-order valence-corrected chi connectivity index (χ2v) is 7.12. The monoisotopic (exact) mass is 315 g/mol. The van der Waals surface area contributed by atoms with Crippen LogP contribution in [0.25, 0.3) is 0 Å². The minimum absolute atomic E-state index is 0.00278. The van der Waals surface area contributed by atoms with E-state index in [-0.39, 0.29) is 5.91 Å². The van der Waals surface area contributed by atoms with Crippen molar-refractivity contribution in [3.63, 3.8) is 0 Å². The summed E-state index contributed by atoms with van der Waals surface area (Å²) in [5.74, 6) is 0.879. The zero-order chi connectivity index (χ0) is 16.1. The van der Waals surface area contributed by atoms with Gasteiger partial charge in [0.15, 0.2) is 0 Å². The first-order chi connectivity index (χ1) is 11.2. The van der Waals surface area contributed by atoms with Crippen LogP contribution >= 0.6 is 0 Å². The van der Waals surface area contributed by atoms with Crippen molar-refractivity contribution in [2.75, 3.05) is 13.1 Å². The number of nitrogens with one attached hydrogen (secondary N) is 1. The third kappa shape index (κ3) is 4.54. The standard InChI is InChI=1S/C19H29N3O/c1-15(23)20-13-17-9-5-10-18(21-17)19-11-6-12-22(19)14-16-7-3-2-4-8-16/h5,9-10,16,19H,2-4,6-8,11-14H2,1H3,(H,20,23)/t19-/m0/s1. The summed E-state index contributed by atoms with van der Waals surface area (Å²) in [5, 5.41) is 2.84. The van der Waals surface area contributed by atoms with Crippen LogP contribution in [-0.2, 0) is 11.3 Å². The lowest BCUT2D eigenvalue weighted by molar-refractivity contribution is -0.119. The van der Waals surface area contributed by atoms with Crippen molar-refractivity contribution in [3.8, 4) is 0 Å². The van der Waals surface area contributed by atoms with Crippen molar-refractivity contribution in [1.82, 2.24) is 15.2 Å². The van der Waals surface area contributed by atoms with E-state index in [0.29, 0.717) is 12.6 Å². The summed E-state index contributed by atoms with van der Waals surface area (Å²) >= 11 is 0. The predicted molar refractivity (Wildman–Crippen MR) is 91.9 cm³/mol. The van der Waals surface area contributed by atoms with Crippen molar-refractivity contribution >= 4 is 5.91 Å². The van der Waals surface area contributed by atoms with Crippen LogP contribution in [0.1, 0.15) is 69.3 Å². The molecule has 23 heavy (non-hydrogen) atoms. The number of aromatic nitrogens is 1. The molecular formula is C19H29N3O. The summed E-state index contributed by atoms with van der Waals surface area (Å²) in [7, 11) is 0. The van der Waals surface area contributed by atoms with Crippen LogP contribution in [0.2, 0.25) is 0 Å². The predicted octanol–water partition coefficient (Wildman–Crippen LogP) is 3.43. The summed E-state index contributed by atoms with van der Waals surface area (Å²) in [6.45, 7) is 4.52. The number of hydrogen-bond donors (Lipinski definition) is 1. The fraction of sp³-hybridized carbons (Fsp3) is 0.684. The summed E-state index contributed by atoms with van der Waals surface area (Å²) in [6.07, 6.45) is 9.53. The molecule has 3 rings (SSSR count). The minimum atomic E-state index is -0.00278. The molecule has 2 aliphatic rings. The van der Waals surface area contributed by atoms with Crippen molar-refractivity contribution in [2.45, 2.75) is 64.5 Å². The van der Waals surface area contributed by atoms with E-state index in [4.69, 9.17) is 4.98 Å². The van der Waals surface area contributed by atoms with Gasteiger partial charge in [-0.3, -0.25) is 14.7 Å². The van der Waals surface area contributed by atoms with Gasteiger partial charge in [0.05, 0.1) is 24.0 Å². The molecule has 0 spiro atoms. The van der Waals surface area contributed by atoms with E-state index in [1.54, 1.807) is 6.92 Å². The maximum atomic E-state index is 11.1. The highest BCUT2D eigenvalue weighted by molar-refractivity contribution is 5.72. The summed E-state index contributed by atoms with van der Waals surface area (Å²) in [6, 6.07) is 6.70. The van der Waals surface area contributed by atoms with Crippen LogP contribution in [0.5, 0.6) is 0 Å². The van der Waals surface area contributed by atoms with E-state index >= 15 is 0 Å². The number of amides is 1. The molecule has 2 fully saturated rings. The molecule has 0 aromatic carbocycles. The van der Waals surface area contributed by atoms with Crippen LogP contribution < -0.4 is 5.32 Å². The van der Waals surface area contributed by atoms with Crippen molar-refractivity contribution in [1.29, 1.82) is 0 Å². The van der Waals surface area contributed by atoms with Crippen molar-refractivity contribution < 1.29 is 4.79 Å². The summed E-state index contributed by atoms with van der Waals surface area (Å²) in [5.41, 5.74) is 2.14. The highest BCUT2D eigenvalue weighted by Gasteiger charge is 2.29. The molecule has 1 N–H and O–H groups in total. The van der Waals surface area contributed by atoms with Crippen molar-refractivity contribution in [3.05, 3.63) is 29.6 Å². The number of carbonyl (C=O) groups excluding carboxylic acids is 1. The first-order valence-corrected chi connectivity index (χ1v) is 9.16. The third-order valence-corrected chi connectivity index (χ3v) is 5.27. The molecule has 1 aromatic rings. The van der Waals surface area contributed by atoms with Crippen LogP contribution in [0, 0.1) is 5.92 Å². The number of hydrogen-bond acceptors (Lipinski definition) is 3. The maximum Gasteiger partial charge on any atom is 0.217 e. The van der Waals surface area contributed by atoms with Gasteiger partial charge < -0.3 is 5.32 Å². The molecule has 0 radical (unpaired) electrons. The third-order valence-electron chi connectivity index (χ3n) is 5.27. The SMILES string of the molecule is CC(=O)NCc1cccc([C@@H]2CCCN2CC2CCCCC2)n1. The smallest absolute Gasteiger partial charge is 0.217 e. The van der Waals surface area contributed by atoms with Crippen LogP contribution in [0.3, 0.4) is 0 Å². The molecule has 4 nitrogen and oxygen atoms in total. The molecule has 0 unspecified atom stereocenters. The Morgan fingerprint density at radius 3 is 2.83 bits per heavy atom. The van der Waals surface area contributed by atoms with E-state index in [0.717, 1.165) is 11.6 Å². The molecule has 1 saturated carbocycles. The fourth-order valence-electron chi connectivity index (χ4n) is 4.08. The topological polar surface area (TPSA) is 45.2 Å². The van der Waals surface area contributed by atoms with E-state index in [1.807, 2.05) is 6.07 Å². The quantitative estimate of drug-likeness (QED) is 0.905. The van der Waals surface area contributed by atoms with E-state index < -0.39 is 0 Å². The van der Waals surface area contributed by atoms with Crippen LogP contribution in [0.4, 0.5) is 0 Å². The van der Waals surface area contributed by atoms with Gasteiger partial charge in [-0.15, -0.1) is 0 Å². The number of pyridine rings is 1. The van der Waals surface area contributed by atoms with Crippen LogP contribution in [0.15, 0.2) is 18.2 Å². The molecule has 0 bridgehead atoms. The van der Waals surface area contributed by atoms with E-state index in [2.05, 4.69) is 22.3 Å². The van der Waals surface area contributed by atoms with E-state index in [9.17, 15) is 4.79 Å². The summed E-state index contributed by atoms with van der Waals surface area (Å²) in [4.78, 5) is 18.6. The van der Waals surface area contributed by atoms with Gasteiger partial charge in [0.2, 0.25) is 5.91 Å². The van der Waals surface area contributed by atoms with Gasteiger partial charge in [0, 0.05) is 13.5 Å². The molecule has 126 valence electrons. The fourth-order valence-corrected chi connectivity index (χ4v) is 4.08. The lowest BCUT2D eigenvalue weighted by Crippen LogP contribution is -2.31. The number of likely N-dealkylation sites (tertiary alicyclic amines) is 1. The number of carbonyl (C=O) groups is 1. The van der Waals surface area contributed by atoms with Gasteiger partial charge in [-0.05, 0) is 50.3 Å². The number of rotatable bonds is 5. The van der Waals surface area contributed by atoms with Gasteiger partial charge in [-0.2, -0.15) is 0 Å². The first kappa shape index (κ1) is 16.4. The highest BCUT2D eigenvalue weighted by Crippen LogP contribution is 2.34. The maximum absolute atomic E-state index is 11.1. The molecular weight excluding hydrogens is 286 g/mol. The average molecular weight is 315 g/mol. The molecule has 1 atom stereocenters. The highest BCUT2D eigenvalue weighted by atomic mass is 16.1. The van der Waals surface area contributed by atoms with Gasteiger partial charge in [-0.25, -0.2) is 0 Å². The van der Waals surface area contributed by atoms with Crippen molar-refractivity contribution in [2.24, 2.45) is 5.92 Å². The molecule has 1 aliphatic heterocycles. The lowest BCUT2D eigenvalue weighted by Gasteiger charge is -2.30. The largest absolute Gasteiger partial charge is 0.351 e. The normalized spacial score (nSPS) is 23.1. The molecule has 4 heteroatoms. The Labute approximate surface area is 139 Å². The van der Waals surface area contributed by atoms with Gasteiger partial charge >= 0.3 is 0 Å². The van der Waals surface area contributed by atoms with E-state index in [1.165, 1.54) is 63.7 Å². The second kappa shape index (κ2) is 7.91. The van der Waals surface area contributed by atoms with Crippen LogP contribution in [-0.4, -0.2) is 28.9 Å². The Bertz CT molecular complexity index is 525. The van der Waals surface area contributed by atoms with Gasteiger partial charge in [0.1, 0.15) is 0 Å². The molecule has 1 aromatic heterocycles. The Balaban J connectivity index is 1.64. The molecule has 1 amide bonds. The first-order valence-electron chi connectivity index (χ1n) is 9.16. The second-order valence-electron chi connectivity index (χ2n) is 7.12. The molecule has 1 aliphatic carbocycles.